The zero-order valence-electron chi connectivity index (χ0n) is 5.56. The average molecular weight is 160 g/mol. The molecule has 0 aliphatic heterocycles. The third-order valence-electron chi connectivity index (χ3n) is 1.28. The first-order valence-electron chi connectivity index (χ1n) is 3.04. The Morgan fingerprint density at radius 3 is 2.90 bits per heavy atom. The molecule has 1 nitrogen and oxygen atoms in total. The van der Waals surface area contributed by atoms with Crippen molar-refractivity contribution in [3.63, 3.8) is 0 Å². The van der Waals surface area contributed by atoms with E-state index in [-0.39, 0.29) is 0 Å². The molecular formula is C7H7ClFN. The van der Waals surface area contributed by atoms with Gasteiger partial charge in [0.05, 0.1) is 0 Å². The minimum atomic E-state index is -0.526. The summed E-state index contributed by atoms with van der Waals surface area (Å²) in [5.74, 6) is -0.526. The van der Waals surface area contributed by atoms with Crippen LogP contribution in [0.25, 0.3) is 0 Å². The van der Waals surface area contributed by atoms with Crippen LogP contribution in [0, 0.1) is 5.95 Å². The second kappa shape index (κ2) is 2.97. The van der Waals surface area contributed by atoms with Crippen LogP contribution in [0.4, 0.5) is 4.39 Å². The Morgan fingerprint density at radius 1 is 1.70 bits per heavy atom. The fraction of sp³-hybridized carbons (Fsp3) is 0.286. The number of pyridine rings is 1. The summed E-state index contributed by atoms with van der Waals surface area (Å²) in [5.41, 5.74) is 0.878. The summed E-state index contributed by atoms with van der Waals surface area (Å²) in [6.07, 6.45) is 2.24. The Morgan fingerprint density at radius 2 is 2.40 bits per heavy atom. The molecule has 0 atom stereocenters. The Balaban J connectivity index is 3.07. The highest BCUT2D eigenvalue weighted by Gasteiger charge is 1.98. The van der Waals surface area contributed by atoms with Crippen molar-refractivity contribution in [2.24, 2.45) is 0 Å². The van der Waals surface area contributed by atoms with E-state index in [1.165, 1.54) is 12.3 Å². The fourth-order valence-electron chi connectivity index (χ4n) is 0.696. The van der Waals surface area contributed by atoms with Gasteiger partial charge in [0.25, 0.3) is 0 Å². The SMILES string of the molecule is CCc1cnc(F)cc1Cl. The summed E-state index contributed by atoms with van der Waals surface area (Å²) in [6.45, 7) is 1.95. The first kappa shape index (κ1) is 7.48. The highest BCUT2D eigenvalue weighted by Crippen LogP contribution is 2.15. The molecule has 0 aliphatic rings. The van der Waals surface area contributed by atoms with Crippen LogP contribution in [0.3, 0.4) is 0 Å². The second-order valence-electron chi connectivity index (χ2n) is 1.95. The van der Waals surface area contributed by atoms with E-state index in [1.54, 1.807) is 0 Å². The summed E-state index contributed by atoms with van der Waals surface area (Å²) in [6, 6.07) is 1.22. The van der Waals surface area contributed by atoms with E-state index in [0.29, 0.717) is 5.02 Å². The minimum absolute atomic E-state index is 0.454. The molecule has 0 N–H and O–H groups in total. The molecule has 1 aromatic rings. The summed E-state index contributed by atoms with van der Waals surface area (Å²) >= 11 is 5.65. The molecule has 1 heterocycles. The molecule has 0 spiro atoms. The summed E-state index contributed by atoms with van der Waals surface area (Å²) in [5, 5.41) is 0.454. The minimum Gasteiger partial charge on any atom is -0.228 e. The Kier molecular flexibility index (Phi) is 2.22. The lowest BCUT2D eigenvalue weighted by Gasteiger charge is -1.97. The van der Waals surface area contributed by atoms with Crippen LogP contribution in [0.1, 0.15) is 12.5 Å². The van der Waals surface area contributed by atoms with Crippen molar-refractivity contribution in [3.05, 3.63) is 28.8 Å². The molecule has 0 bridgehead atoms. The van der Waals surface area contributed by atoms with E-state index in [0.717, 1.165) is 12.0 Å². The van der Waals surface area contributed by atoms with Gasteiger partial charge in [0.15, 0.2) is 0 Å². The second-order valence-corrected chi connectivity index (χ2v) is 2.36. The number of rotatable bonds is 1. The monoisotopic (exact) mass is 159 g/mol. The van der Waals surface area contributed by atoms with Gasteiger partial charge < -0.3 is 0 Å². The molecule has 1 rings (SSSR count). The van der Waals surface area contributed by atoms with Gasteiger partial charge in [-0.15, -0.1) is 0 Å². The van der Waals surface area contributed by atoms with Crippen molar-refractivity contribution in [2.75, 3.05) is 0 Å². The fourth-order valence-corrected chi connectivity index (χ4v) is 0.968. The van der Waals surface area contributed by atoms with Crippen molar-refractivity contribution >= 4 is 11.6 Å². The van der Waals surface area contributed by atoms with Gasteiger partial charge in [-0.05, 0) is 12.0 Å². The van der Waals surface area contributed by atoms with Crippen LogP contribution in [0.2, 0.25) is 5.02 Å². The zero-order valence-corrected chi connectivity index (χ0v) is 6.32. The average Bonchev–Trinajstić information content (AvgIpc) is 1.88. The number of hydrogen-bond acceptors (Lipinski definition) is 1. The Labute approximate surface area is 63.8 Å². The van der Waals surface area contributed by atoms with Crippen LogP contribution in [0.5, 0.6) is 0 Å². The molecular weight excluding hydrogens is 153 g/mol. The van der Waals surface area contributed by atoms with Crippen LogP contribution in [-0.4, -0.2) is 4.98 Å². The number of aromatic nitrogens is 1. The highest BCUT2D eigenvalue weighted by atomic mass is 35.5. The molecule has 0 saturated heterocycles. The van der Waals surface area contributed by atoms with Gasteiger partial charge in [0, 0.05) is 17.3 Å². The van der Waals surface area contributed by atoms with E-state index in [2.05, 4.69) is 4.98 Å². The van der Waals surface area contributed by atoms with E-state index in [1.807, 2.05) is 6.92 Å². The van der Waals surface area contributed by atoms with Gasteiger partial charge in [-0.25, -0.2) is 4.98 Å². The van der Waals surface area contributed by atoms with Gasteiger partial charge >= 0.3 is 0 Å². The Hall–Kier alpha value is -0.630. The van der Waals surface area contributed by atoms with Gasteiger partial charge in [0.1, 0.15) is 0 Å². The topological polar surface area (TPSA) is 12.9 Å². The summed E-state index contributed by atoms with van der Waals surface area (Å²) in [7, 11) is 0. The van der Waals surface area contributed by atoms with Crippen molar-refractivity contribution in [1.29, 1.82) is 0 Å². The standard InChI is InChI=1S/C7H7ClFN/c1-2-5-4-10-7(9)3-6(5)8/h3-4H,2H2,1H3. The van der Waals surface area contributed by atoms with Crippen LogP contribution in [0.15, 0.2) is 12.3 Å². The highest BCUT2D eigenvalue weighted by molar-refractivity contribution is 6.31. The number of nitrogens with zero attached hydrogens (tertiary/aromatic N) is 1. The van der Waals surface area contributed by atoms with Gasteiger partial charge in [-0.1, -0.05) is 18.5 Å². The van der Waals surface area contributed by atoms with Crippen molar-refractivity contribution in [1.82, 2.24) is 4.98 Å². The lowest BCUT2D eigenvalue weighted by atomic mass is 10.2. The molecule has 54 valence electrons. The molecule has 0 saturated carbocycles. The lowest BCUT2D eigenvalue weighted by molar-refractivity contribution is 0.582. The van der Waals surface area contributed by atoms with Crippen molar-refractivity contribution in [3.8, 4) is 0 Å². The number of aryl methyl sites for hydroxylation is 1. The van der Waals surface area contributed by atoms with E-state index < -0.39 is 5.95 Å². The quantitative estimate of drug-likeness (QED) is 0.574. The van der Waals surface area contributed by atoms with Crippen molar-refractivity contribution in [2.45, 2.75) is 13.3 Å². The maximum Gasteiger partial charge on any atom is 0.214 e. The van der Waals surface area contributed by atoms with Gasteiger partial charge in [-0.2, -0.15) is 4.39 Å². The molecule has 10 heavy (non-hydrogen) atoms. The molecule has 0 aliphatic carbocycles. The number of hydrogen-bond donors (Lipinski definition) is 0. The molecule has 0 unspecified atom stereocenters. The smallest absolute Gasteiger partial charge is 0.214 e. The van der Waals surface area contributed by atoms with E-state index in [4.69, 9.17) is 11.6 Å². The van der Waals surface area contributed by atoms with Crippen LogP contribution >= 0.6 is 11.6 Å². The maximum atomic E-state index is 12.3. The first-order chi connectivity index (χ1) is 4.74. The third kappa shape index (κ3) is 1.45. The molecule has 3 heteroatoms. The molecule has 0 amide bonds. The molecule has 0 radical (unpaired) electrons. The van der Waals surface area contributed by atoms with E-state index in [9.17, 15) is 4.39 Å². The van der Waals surface area contributed by atoms with Crippen molar-refractivity contribution < 1.29 is 4.39 Å². The van der Waals surface area contributed by atoms with Crippen LogP contribution in [-0.2, 0) is 6.42 Å². The zero-order chi connectivity index (χ0) is 7.56. The molecule has 0 aromatic carbocycles. The normalized spacial score (nSPS) is 9.90. The predicted molar refractivity (Wildman–Crippen MR) is 38.6 cm³/mol. The number of halogens is 2. The van der Waals surface area contributed by atoms with Gasteiger partial charge in [0.2, 0.25) is 5.95 Å². The lowest BCUT2D eigenvalue weighted by Crippen LogP contribution is -1.87. The molecule has 0 fully saturated rings. The third-order valence-corrected chi connectivity index (χ3v) is 1.63. The first-order valence-corrected chi connectivity index (χ1v) is 3.41. The Bertz CT molecular complexity index is 237. The largest absolute Gasteiger partial charge is 0.228 e. The van der Waals surface area contributed by atoms with Gasteiger partial charge in [-0.3, -0.25) is 0 Å². The van der Waals surface area contributed by atoms with Crippen LogP contribution < -0.4 is 0 Å². The van der Waals surface area contributed by atoms with E-state index >= 15 is 0 Å². The summed E-state index contributed by atoms with van der Waals surface area (Å²) in [4.78, 5) is 3.46. The predicted octanol–water partition coefficient (Wildman–Crippen LogP) is 2.44. The maximum absolute atomic E-state index is 12.3. The summed E-state index contributed by atoms with van der Waals surface area (Å²) < 4.78 is 12.3. The molecule has 1 aromatic heterocycles.